The van der Waals surface area contributed by atoms with Crippen LogP contribution < -0.4 is 9.47 Å². The highest BCUT2D eigenvalue weighted by molar-refractivity contribution is 8.26. The van der Waals surface area contributed by atoms with Crippen molar-refractivity contribution in [3.63, 3.8) is 0 Å². The summed E-state index contributed by atoms with van der Waals surface area (Å²) >= 11 is 18.4. The zero-order valence-electron chi connectivity index (χ0n) is 14.5. The molecular weight excluding hydrogens is 425 g/mol. The minimum atomic E-state index is -0.107. The summed E-state index contributed by atoms with van der Waals surface area (Å²) in [5, 5.41) is 0.980. The Bertz CT molecular complexity index is 947. The maximum Gasteiger partial charge on any atom is 0.265 e. The molecule has 2 aromatic carbocycles. The SMILES string of the molecule is COc1cc(/C=C2/SC(=S)N(C)C2=O)ccc1OCc1ccc(Cl)c(Cl)c1. The van der Waals surface area contributed by atoms with Gasteiger partial charge < -0.3 is 9.47 Å². The van der Waals surface area contributed by atoms with Gasteiger partial charge in [0.15, 0.2) is 11.5 Å². The lowest BCUT2D eigenvalue weighted by Gasteiger charge is -2.12. The highest BCUT2D eigenvalue weighted by Crippen LogP contribution is 2.34. The number of benzene rings is 2. The van der Waals surface area contributed by atoms with Crippen molar-refractivity contribution in [2.45, 2.75) is 6.61 Å². The van der Waals surface area contributed by atoms with E-state index in [1.165, 1.54) is 16.7 Å². The Balaban J connectivity index is 1.77. The van der Waals surface area contributed by atoms with Crippen LogP contribution >= 0.6 is 47.2 Å². The van der Waals surface area contributed by atoms with Crippen molar-refractivity contribution in [3.8, 4) is 11.5 Å². The highest BCUT2D eigenvalue weighted by Gasteiger charge is 2.28. The predicted octanol–water partition coefficient (Wildman–Crippen LogP) is 5.41. The van der Waals surface area contributed by atoms with Gasteiger partial charge in [-0.15, -0.1) is 0 Å². The number of amides is 1. The molecular formula is C19H15Cl2NO3S2. The fourth-order valence-electron chi connectivity index (χ4n) is 2.38. The van der Waals surface area contributed by atoms with Gasteiger partial charge in [0.25, 0.3) is 5.91 Å². The minimum absolute atomic E-state index is 0.107. The topological polar surface area (TPSA) is 38.8 Å². The van der Waals surface area contributed by atoms with E-state index in [2.05, 4.69) is 0 Å². The number of carbonyl (C=O) groups excluding carboxylic acids is 1. The Hall–Kier alpha value is -1.73. The van der Waals surface area contributed by atoms with Crippen LogP contribution in [0.1, 0.15) is 11.1 Å². The van der Waals surface area contributed by atoms with E-state index < -0.39 is 0 Å². The molecule has 0 atom stereocenters. The summed E-state index contributed by atoms with van der Waals surface area (Å²) in [7, 11) is 3.23. The summed E-state index contributed by atoms with van der Waals surface area (Å²) in [6.45, 7) is 0.321. The third-order valence-corrected chi connectivity index (χ3v) is 6.07. The molecule has 1 amide bonds. The normalized spacial score (nSPS) is 15.6. The van der Waals surface area contributed by atoms with Crippen LogP contribution in [0.4, 0.5) is 0 Å². The van der Waals surface area contributed by atoms with E-state index in [4.69, 9.17) is 44.9 Å². The molecule has 0 radical (unpaired) electrons. The van der Waals surface area contributed by atoms with Crippen molar-refractivity contribution in [3.05, 3.63) is 62.5 Å². The van der Waals surface area contributed by atoms with Crippen LogP contribution in [0.3, 0.4) is 0 Å². The van der Waals surface area contributed by atoms with Crippen LogP contribution in [0.15, 0.2) is 41.3 Å². The molecule has 4 nitrogen and oxygen atoms in total. The summed E-state index contributed by atoms with van der Waals surface area (Å²) in [4.78, 5) is 14.2. The number of carbonyl (C=O) groups is 1. The molecule has 140 valence electrons. The first-order chi connectivity index (χ1) is 12.9. The Morgan fingerprint density at radius 2 is 1.93 bits per heavy atom. The second kappa shape index (κ2) is 8.52. The monoisotopic (exact) mass is 439 g/mol. The molecule has 1 saturated heterocycles. The van der Waals surface area contributed by atoms with Gasteiger partial charge in [-0.3, -0.25) is 9.69 Å². The second-order valence-electron chi connectivity index (χ2n) is 5.69. The van der Waals surface area contributed by atoms with Crippen molar-refractivity contribution in [2.24, 2.45) is 0 Å². The summed E-state index contributed by atoms with van der Waals surface area (Å²) in [6, 6.07) is 10.8. The summed E-state index contributed by atoms with van der Waals surface area (Å²) in [5.41, 5.74) is 1.71. The first-order valence-corrected chi connectivity index (χ1v) is 9.83. The van der Waals surface area contributed by atoms with E-state index in [0.717, 1.165) is 11.1 Å². The number of hydrogen-bond acceptors (Lipinski definition) is 5. The summed E-state index contributed by atoms with van der Waals surface area (Å²) < 4.78 is 11.8. The lowest BCUT2D eigenvalue weighted by molar-refractivity contribution is -0.121. The molecule has 0 N–H and O–H groups in total. The first kappa shape index (κ1) is 20.0. The van der Waals surface area contributed by atoms with Crippen LogP contribution in [0.5, 0.6) is 11.5 Å². The summed E-state index contributed by atoms with van der Waals surface area (Å²) in [5.74, 6) is 1.04. The largest absolute Gasteiger partial charge is 0.493 e. The number of ether oxygens (including phenoxy) is 2. The number of thiocarbonyl (C=S) groups is 1. The maximum absolute atomic E-state index is 12.1. The molecule has 0 aliphatic carbocycles. The minimum Gasteiger partial charge on any atom is -0.493 e. The van der Waals surface area contributed by atoms with Crippen molar-refractivity contribution in [1.29, 1.82) is 0 Å². The van der Waals surface area contributed by atoms with Crippen molar-refractivity contribution < 1.29 is 14.3 Å². The van der Waals surface area contributed by atoms with Crippen molar-refractivity contribution in [2.75, 3.05) is 14.2 Å². The van der Waals surface area contributed by atoms with Gasteiger partial charge in [0.05, 0.1) is 22.1 Å². The van der Waals surface area contributed by atoms with E-state index in [1.807, 2.05) is 18.2 Å². The van der Waals surface area contributed by atoms with Gasteiger partial charge in [-0.05, 0) is 41.5 Å². The second-order valence-corrected chi connectivity index (χ2v) is 8.18. The highest BCUT2D eigenvalue weighted by atomic mass is 35.5. The lowest BCUT2D eigenvalue weighted by Crippen LogP contribution is -2.22. The van der Waals surface area contributed by atoms with Crippen molar-refractivity contribution >= 4 is 63.5 Å². The Kier molecular flexibility index (Phi) is 6.32. The van der Waals surface area contributed by atoms with E-state index in [9.17, 15) is 4.79 Å². The van der Waals surface area contributed by atoms with E-state index in [0.29, 0.717) is 37.4 Å². The number of rotatable bonds is 5. The van der Waals surface area contributed by atoms with Gasteiger partial charge >= 0.3 is 0 Å². The van der Waals surface area contributed by atoms with Crippen LogP contribution in [-0.2, 0) is 11.4 Å². The Labute approximate surface area is 177 Å². The molecule has 1 fully saturated rings. The first-order valence-electron chi connectivity index (χ1n) is 7.85. The Morgan fingerprint density at radius 1 is 1.15 bits per heavy atom. The molecule has 2 aromatic rings. The van der Waals surface area contributed by atoms with Crippen LogP contribution in [-0.4, -0.2) is 29.3 Å². The number of likely N-dealkylation sites (N-methyl/N-ethyl adjacent to an activating group) is 1. The van der Waals surface area contributed by atoms with Gasteiger partial charge in [-0.25, -0.2) is 0 Å². The summed E-state index contributed by atoms with van der Waals surface area (Å²) in [6.07, 6.45) is 1.79. The number of thioether (sulfide) groups is 1. The van der Waals surface area contributed by atoms with Crippen LogP contribution in [0.25, 0.3) is 6.08 Å². The fourth-order valence-corrected chi connectivity index (χ4v) is 3.88. The molecule has 0 saturated carbocycles. The smallest absolute Gasteiger partial charge is 0.265 e. The van der Waals surface area contributed by atoms with Gasteiger partial charge in [0.1, 0.15) is 10.9 Å². The van der Waals surface area contributed by atoms with E-state index in [1.54, 1.807) is 38.4 Å². The van der Waals surface area contributed by atoms with Crippen LogP contribution in [0.2, 0.25) is 10.0 Å². The van der Waals surface area contributed by atoms with Gasteiger partial charge in [-0.2, -0.15) is 0 Å². The zero-order chi connectivity index (χ0) is 19.6. The average Bonchev–Trinajstić information content (AvgIpc) is 2.90. The van der Waals surface area contributed by atoms with E-state index >= 15 is 0 Å². The molecule has 0 unspecified atom stereocenters. The number of hydrogen-bond donors (Lipinski definition) is 0. The third kappa shape index (κ3) is 4.58. The number of nitrogens with zero attached hydrogens (tertiary/aromatic N) is 1. The molecule has 1 aliphatic heterocycles. The fraction of sp³-hybridized carbons (Fsp3) is 0.158. The molecule has 1 heterocycles. The average molecular weight is 440 g/mol. The van der Waals surface area contributed by atoms with Crippen molar-refractivity contribution in [1.82, 2.24) is 4.90 Å². The molecule has 27 heavy (non-hydrogen) atoms. The third-order valence-electron chi connectivity index (χ3n) is 3.85. The standard InChI is InChI=1S/C19H15Cl2NO3S2/c1-22-18(23)17(27-19(22)26)9-11-4-6-15(16(8-11)24-2)25-10-12-3-5-13(20)14(21)7-12/h3-9H,10H2,1-2H3/b17-9+. The number of halogens is 2. The molecule has 0 bridgehead atoms. The maximum atomic E-state index is 12.1. The predicted molar refractivity (Wildman–Crippen MR) is 115 cm³/mol. The van der Waals surface area contributed by atoms with Gasteiger partial charge in [0.2, 0.25) is 0 Å². The number of methoxy groups -OCH3 is 1. The lowest BCUT2D eigenvalue weighted by atomic mass is 10.2. The van der Waals surface area contributed by atoms with Gasteiger partial charge in [-0.1, -0.05) is 59.3 Å². The quantitative estimate of drug-likeness (QED) is 0.459. The van der Waals surface area contributed by atoms with Gasteiger partial charge in [0, 0.05) is 7.05 Å². The molecule has 3 rings (SSSR count). The molecule has 0 aromatic heterocycles. The Morgan fingerprint density at radius 3 is 2.56 bits per heavy atom. The molecule has 8 heteroatoms. The van der Waals surface area contributed by atoms with E-state index in [-0.39, 0.29) is 5.91 Å². The van der Waals surface area contributed by atoms with Crippen LogP contribution in [0, 0.1) is 0 Å². The molecule has 0 spiro atoms. The zero-order valence-corrected chi connectivity index (χ0v) is 17.6. The molecule has 1 aliphatic rings.